The molecule has 1 saturated heterocycles. The fraction of sp³-hybridized carbons (Fsp3) is 0.308. The number of nitrogens with two attached hydrogens (primary N) is 1. The normalized spacial score (nSPS) is 20.1. The van der Waals surface area contributed by atoms with Gasteiger partial charge in [-0.3, -0.25) is 4.79 Å². The second-order valence-electron chi connectivity index (χ2n) is 4.27. The Morgan fingerprint density at radius 3 is 3.00 bits per heavy atom. The van der Waals surface area contributed by atoms with Crippen LogP contribution in [-0.2, 0) is 4.74 Å². The minimum Gasteiger partial charge on any atom is -0.371 e. The Bertz CT molecular complexity index is 588. The Kier molecular flexibility index (Phi) is 3.03. The summed E-state index contributed by atoms with van der Waals surface area (Å²) in [4.78, 5) is 12.2. The first-order valence-electron chi connectivity index (χ1n) is 5.91. The Morgan fingerprint density at radius 2 is 2.28 bits per heavy atom. The predicted octanol–water partition coefficient (Wildman–Crippen LogP) is 1.66. The third-order valence-electron chi connectivity index (χ3n) is 3.11. The van der Waals surface area contributed by atoms with Crippen LogP contribution in [0.4, 0.5) is 0 Å². The van der Waals surface area contributed by atoms with Gasteiger partial charge in [0.05, 0.1) is 17.6 Å². The molecule has 1 aromatic carbocycles. The van der Waals surface area contributed by atoms with E-state index >= 15 is 0 Å². The van der Waals surface area contributed by atoms with Crippen molar-refractivity contribution in [3.8, 4) is 0 Å². The number of amides is 1. The highest BCUT2D eigenvalue weighted by Gasteiger charge is 2.25. The minimum absolute atomic E-state index is 0.0857. The van der Waals surface area contributed by atoms with Crippen molar-refractivity contribution in [1.29, 1.82) is 0 Å². The largest absolute Gasteiger partial charge is 0.371 e. The molecular formula is C13H14N2O2S. The monoisotopic (exact) mass is 262 g/mol. The highest BCUT2D eigenvalue weighted by molar-refractivity contribution is 7.21. The average molecular weight is 262 g/mol. The molecule has 0 unspecified atom stereocenters. The van der Waals surface area contributed by atoms with Crippen LogP contribution in [0.15, 0.2) is 24.3 Å². The maximum atomic E-state index is 11.6. The van der Waals surface area contributed by atoms with Gasteiger partial charge in [-0.1, -0.05) is 18.2 Å². The number of benzene rings is 1. The van der Waals surface area contributed by atoms with E-state index < -0.39 is 0 Å². The number of hydrogen-bond donors (Lipinski definition) is 2. The van der Waals surface area contributed by atoms with Crippen LogP contribution < -0.4 is 11.1 Å². The molecule has 18 heavy (non-hydrogen) atoms. The molecule has 1 aromatic heterocycles. The molecule has 0 aliphatic carbocycles. The van der Waals surface area contributed by atoms with Crippen molar-refractivity contribution in [2.45, 2.75) is 6.10 Å². The second-order valence-corrected chi connectivity index (χ2v) is 5.32. The van der Waals surface area contributed by atoms with Crippen LogP contribution in [0, 0.1) is 0 Å². The van der Waals surface area contributed by atoms with Crippen molar-refractivity contribution < 1.29 is 9.53 Å². The summed E-state index contributed by atoms with van der Waals surface area (Å²) in [6, 6.07) is 7.96. The minimum atomic E-state index is -0.375. The number of primary amides is 1. The molecule has 94 valence electrons. The molecule has 3 N–H and O–H groups in total. The smallest absolute Gasteiger partial charge is 0.259 e. The van der Waals surface area contributed by atoms with E-state index in [1.807, 2.05) is 24.3 Å². The molecule has 0 radical (unpaired) electrons. The number of fused-ring (bicyclic) bond motifs is 1. The number of nitrogens with one attached hydrogen (secondary N) is 1. The van der Waals surface area contributed by atoms with Crippen molar-refractivity contribution >= 4 is 27.3 Å². The number of morpholine rings is 1. The first-order valence-corrected chi connectivity index (χ1v) is 6.72. The van der Waals surface area contributed by atoms with Gasteiger partial charge in [0.15, 0.2) is 0 Å². The SMILES string of the molecule is NC(=O)c1sc2ccccc2c1[C@@H]1CNCCO1. The first kappa shape index (κ1) is 11.6. The van der Waals surface area contributed by atoms with Crippen LogP contribution in [0.2, 0.25) is 0 Å². The summed E-state index contributed by atoms with van der Waals surface area (Å²) < 4.78 is 6.84. The van der Waals surface area contributed by atoms with Gasteiger partial charge in [-0.05, 0) is 11.5 Å². The van der Waals surface area contributed by atoms with Crippen molar-refractivity contribution in [2.75, 3.05) is 19.7 Å². The van der Waals surface area contributed by atoms with Crippen molar-refractivity contribution in [1.82, 2.24) is 5.32 Å². The standard InChI is InChI=1S/C13H14N2O2S/c14-13(16)12-11(9-7-15-5-6-17-9)8-3-1-2-4-10(8)18-12/h1-4,9,15H,5-7H2,(H2,14,16)/t9-/m0/s1. The van der Waals surface area contributed by atoms with Gasteiger partial charge in [0, 0.05) is 23.4 Å². The molecule has 0 spiro atoms. The molecule has 3 rings (SSSR count). The summed E-state index contributed by atoms with van der Waals surface area (Å²) in [5.41, 5.74) is 6.42. The maximum Gasteiger partial charge on any atom is 0.259 e. The van der Waals surface area contributed by atoms with Crippen LogP contribution in [0.3, 0.4) is 0 Å². The van der Waals surface area contributed by atoms with E-state index in [2.05, 4.69) is 5.32 Å². The summed E-state index contributed by atoms with van der Waals surface area (Å²) in [6.45, 7) is 2.23. The van der Waals surface area contributed by atoms with E-state index in [9.17, 15) is 4.79 Å². The number of thiophene rings is 1. The molecule has 0 bridgehead atoms. The molecule has 1 amide bonds. The molecule has 0 saturated carbocycles. The second kappa shape index (κ2) is 4.68. The third kappa shape index (κ3) is 1.90. The molecule has 2 heterocycles. The third-order valence-corrected chi connectivity index (χ3v) is 4.31. The topological polar surface area (TPSA) is 64.4 Å². The summed E-state index contributed by atoms with van der Waals surface area (Å²) in [7, 11) is 0. The van der Waals surface area contributed by atoms with Gasteiger partial charge in [0.2, 0.25) is 0 Å². The lowest BCUT2D eigenvalue weighted by atomic mass is 10.0. The number of carbonyl (C=O) groups is 1. The van der Waals surface area contributed by atoms with Crippen LogP contribution in [-0.4, -0.2) is 25.6 Å². The summed E-state index contributed by atoms with van der Waals surface area (Å²) in [6.07, 6.45) is -0.0857. The predicted molar refractivity (Wildman–Crippen MR) is 71.9 cm³/mol. The van der Waals surface area contributed by atoms with Gasteiger partial charge in [-0.25, -0.2) is 0 Å². The van der Waals surface area contributed by atoms with E-state index in [0.29, 0.717) is 11.5 Å². The van der Waals surface area contributed by atoms with Gasteiger partial charge in [-0.2, -0.15) is 0 Å². The zero-order valence-corrected chi connectivity index (χ0v) is 10.6. The van der Waals surface area contributed by atoms with E-state index in [0.717, 1.165) is 28.7 Å². The zero-order chi connectivity index (χ0) is 12.5. The number of hydrogen-bond acceptors (Lipinski definition) is 4. The summed E-state index contributed by atoms with van der Waals surface area (Å²) in [5.74, 6) is -0.375. The number of ether oxygens (including phenoxy) is 1. The lowest BCUT2D eigenvalue weighted by molar-refractivity contribution is 0.0283. The fourth-order valence-electron chi connectivity index (χ4n) is 2.32. The summed E-state index contributed by atoms with van der Waals surface area (Å²) in [5, 5.41) is 4.36. The Hall–Kier alpha value is -1.43. The van der Waals surface area contributed by atoms with E-state index in [-0.39, 0.29) is 12.0 Å². The lowest BCUT2D eigenvalue weighted by Crippen LogP contribution is -2.34. The first-order chi connectivity index (χ1) is 8.77. The highest BCUT2D eigenvalue weighted by Crippen LogP contribution is 2.36. The lowest BCUT2D eigenvalue weighted by Gasteiger charge is -2.24. The average Bonchev–Trinajstić information content (AvgIpc) is 2.79. The van der Waals surface area contributed by atoms with Crippen LogP contribution >= 0.6 is 11.3 Å². The van der Waals surface area contributed by atoms with E-state index in [1.54, 1.807) is 0 Å². The van der Waals surface area contributed by atoms with Crippen molar-refractivity contribution in [3.63, 3.8) is 0 Å². The summed E-state index contributed by atoms with van der Waals surface area (Å²) >= 11 is 1.44. The number of rotatable bonds is 2. The van der Waals surface area contributed by atoms with Gasteiger partial charge in [0.25, 0.3) is 5.91 Å². The van der Waals surface area contributed by atoms with Gasteiger partial charge < -0.3 is 15.8 Å². The van der Waals surface area contributed by atoms with E-state index in [1.165, 1.54) is 11.3 Å². The molecule has 1 aliphatic heterocycles. The van der Waals surface area contributed by atoms with Gasteiger partial charge in [-0.15, -0.1) is 11.3 Å². The van der Waals surface area contributed by atoms with Crippen molar-refractivity contribution in [2.24, 2.45) is 5.73 Å². The zero-order valence-electron chi connectivity index (χ0n) is 9.81. The highest BCUT2D eigenvalue weighted by atomic mass is 32.1. The van der Waals surface area contributed by atoms with Gasteiger partial charge in [0.1, 0.15) is 0 Å². The van der Waals surface area contributed by atoms with Crippen LogP contribution in [0.25, 0.3) is 10.1 Å². The van der Waals surface area contributed by atoms with E-state index in [4.69, 9.17) is 10.5 Å². The van der Waals surface area contributed by atoms with Crippen molar-refractivity contribution in [3.05, 3.63) is 34.7 Å². The fourth-order valence-corrected chi connectivity index (χ4v) is 3.43. The maximum absolute atomic E-state index is 11.6. The molecule has 2 aromatic rings. The molecule has 1 aliphatic rings. The Labute approximate surface area is 109 Å². The number of carbonyl (C=O) groups excluding carboxylic acids is 1. The molecule has 1 fully saturated rings. The molecule has 4 nitrogen and oxygen atoms in total. The Balaban J connectivity index is 2.17. The van der Waals surface area contributed by atoms with Crippen LogP contribution in [0.1, 0.15) is 21.3 Å². The molecule has 1 atom stereocenters. The molecule has 5 heteroatoms. The Morgan fingerprint density at radius 1 is 1.44 bits per heavy atom. The molecular weight excluding hydrogens is 248 g/mol. The quantitative estimate of drug-likeness (QED) is 0.865. The van der Waals surface area contributed by atoms with Crippen LogP contribution in [0.5, 0.6) is 0 Å². The van der Waals surface area contributed by atoms with Gasteiger partial charge >= 0.3 is 0 Å².